The van der Waals surface area contributed by atoms with Crippen LogP contribution in [0.15, 0.2) is 30.9 Å². The molecule has 0 aliphatic carbocycles. The molecule has 2 amide bonds. The van der Waals surface area contributed by atoms with Crippen LogP contribution in [-0.2, 0) is 22.7 Å². The van der Waals surface area contributed by atoms with Gasteiger partial charge in [-0.25, -0.2) is 9.67 Å². The molecule has 2 aliphatic heterocycles. The lowest BCUT2D eigenvalue weighted by atomic mass is 10.00. The highest BCUT2D eigenvalue weighted by atomic mass is 16.5. The SMILES string of the molecule is COc1ccc(CN2CC3C(=O)N(C)C(=O)C3C2)cc1Cn1cncn1. The Morgan fingerprint density at radius 2 is 1.88 bits per heavy atom. The quantitative estimate of drug-likeness (QED) is 0.722. The average Bonchev–Trinajstić information content (AvgIpc) is 3.33. The number of carbonyl (C=O) groups is 2. The van der Waals surface area contributed by atoms with Crippen molar-refractivity contribution in [2.24, 2.45) is 11.8 Å². The van der Waals surface area contributed by atoms with Gasteiger partial charge in [-0.2, -0.15) is 5.10 Å². The summed E-state index contributed by atoms with van der Waals surface area (Å²) in [6.45, 7) is 2.53. The van der Waals surface area contributed by atoms with Crippen molar-refractivity contribution < 1.29 is 14.3 Å². The summed E-state index contributed by atoms with van der Waals surface area (Å²) >= 11 is 0. The van der Waals surface area contributed by atoms with Crippen LogP contribution in [0.5, 0.6) is 5.75 Å². The zero-order chi connectivity index (χ0) is 18.3. The van der Waals surface area contributed by atoms with Gasteiger partial charge >= 0.3 is 0 Å². The molecule has 8 nitrogen and oxygen atoms in total. The van der Waals surface area contributed by atoms with Gasteiger partial charge in [0.2, 0.25) is 11.8 Å². The van der Waals surface area contributed by atoms with Crippen LogP contribution in [0, 0.1) is 11.8 Å². The first-order chi connectivity index (χ1) is 12.6. The number of aromatic nitrogens is 3. The normalized spacial score (nSPS) is 22.9. The van der Waals surface area contributed by atoms with Crippen molar-refractivity contribution in [1.29, 1.82) is 0 Å². The first-order valence-electron chi connectivity index (χ1n) is 8.59. The molecule has 0 N–H and O–H groups in total. The number of hydrogen-bond donors (Lipinski definition) is 0. The number of methoxy groups -OCH3 is 1. The summed E-state index contributed by atoms with van der Waals surface area (Å²) in [4.78, 5) is 31.7. The third-order valence-corrected chi connectivity index (χ3v) is 5.24. The molecular weight excluding hydrogens is 334 g/mol. The van der Waals surface area contributed by atoms with Gasteiger partial charge < -0.3 is 4.74 Å². The van der Waals surface area contributed by atoms with Crippen LogP contribution in [0.1, 0.15) is 11.1 Å². The van der Waals surface area contributed by atoms with Crippen LogP contribution in [-0.4, -0.2) is 63.6 Å². The number of benzene rings is 1. The van der Waals surface area contributed by atoms with E-state index in [0.29, 0.717) is 26.2 Å². The predicted molar refractivity (Wildman–Crippen MR) is 92.2 cm³/mol. The lowest BCUT2D eigenvalue weighted by Gasteiger charge is -2.19. The summed E-state index contributed by atoms with van der Waals surface area (Å²) in [5, 5.41) is 4.14. The van der Waals surface area contributed by atoms with Crippen molar-refractivity contribution in [3.63, 3.8) is 0 Å². The largest absolute Gasteiger partial charge is 0.496 e. The number of amides is 2. The van der Waals surface area contributed by atoms with E-state index in [2.05, 4.69) is 21.0 Å². The van der Waals surface area contributed by atoms with Gasteiger partial charge in [0, 0.05) is 32.2 Å². The number of imide groups is 1. The van der Waals surface area contributed by atoms with E-state index in [-0.39, 0.29) is 23.7 Å². The first-order valence-corrected chi connectivity index (χ1v) is 8.59. The zero-order valence-corrected chi connectivity index (χ0v) is 14.8. The summed E-state index contributed by atoms with van der Waals surface area (Å²) in [7, 11) is 3.22. The second kappa shape index (κ2) is 6.53. The molecule has 2 aromatic rings. The van der Waals surface area contributed by atoms with Gasteiger partial charge in [0.1, 0.15) is 18.4 Å². The third-order valence-electron chi connectivity index (χ3n) is 5.24. The van der Waals surface area contributed by atoms with Gasteiger partial charge in [-0.05, 0) is 17.7 Å². The number of hydrogen-bond acceptors (Lipinski definition) is 6. The Labute approximate surface area is 151 Å². The minimum atomic E-state index is -0.194. The molecule has 2 unspecified atom stereocenters. The minimum absolute atomic E-state index is 0.0518. The highest BCUT2D eigenvalue weighted by Crippen LogP contribution is 2.33. The van der Waals surface area contributed by atoms with Crippen molar-refractivity contribution in [2.75, 3.05) is 27.2 Å². The monoisotopic (exact) mass is 355 g/mol. The molecule has 0 bridgehead atoms. The van der Waals surface area contributed by atoms with Gasteiger partial charge in [-0.15, -0.1) is 0 Å². The molecule has 3 heterocycles. The number of nitrogens with zero attached hydrogens (tertiary/aromatic N) is 5. The van der Waals surface area contributed by atoms with Crippen LogP contribution in [0.4, 0.5) is 0 Å². The highest BCUT2D eigenvalue weighted by molar-refractivity contribution is 6.05. The Morgan fingerprint density at radius 3 is 2.50 bits per heavy atom. The molecule has 8 heteroatoms. The average molecular weight is 355 g/mol. The molecule has 0 radical (unpaired) electrons. The van der Waals surface area contributed by atoms with Gasteiger partial charge in [0.15, 0.2) is 0 Å². The highest BCUT2D eigenvalue weighted by Gasteiger charge is 2.50. The van der Waals surface area contributed by atoms with E-state index in [4.69, 9.17) is 4.74 Å². The molecule has 1 aromatic carbocycles. The molecule has 26 heavy (non-hydrogen) atoms. The number of ether oxygens (including phenoxy) is 1. The molecule has 2 atom stereocenters. The Hall–Kier alpha value is -2.74. The molecule has 2 fully saturated rings. The summed E-state index contributed by atoms with van der Waals surface area (Å²) in [6.07, 6.45) is 3.17. The topological polar surface area (TPSA) is 80.6 Å². The maximum atomic E-state index is 12.2. The van der Waals surface area contributed by atoms with Gasteiger partial charge in [-0.3, -0.25) is 19.4 Å². The second-order valence-electron chi connectivity index (χ2n) is 6.88. The molecule has 136 valence electrons. The van der Waals surface area contributed by atoms with Gasteiger partial charge in [-0.1, -0.05) is 6.07 Å². The Morgan fingerprint density at radius 1 is 1.15 bits per heavy atom. The van der Waals surface area contributed by atoms with E-state index in [0.717, 1.165) is 16.9 Å². The second-order valence-corrected chi connectivity index (χ2v) is 6.88. The molecule has 0 saturated carbocycles. The molecule has 4 rings (SSSR count). The van der Waals surface area contributed by atoms with Crippen molar-refractivity contribution in [3.8, 4) is 5.75 Å². The van der Waals surface area contributed by atoms with Crippen molar-refractivity contribution in [1.82, 2.24) is 24.6 Å². The van der Waals surface area contributed by atoms with Crippen LogP contribution in [0.2, 0.25) is 0 Å². The van der Waals surface area contributed by atoms with E-state index in [1.165, 1.54) is 11.2 Å². The number of rotatable bonds is 5. The molecule has 1 aromatic heterocycles. The standard InChI is InChI=1S/C18H21N5O3/c1-21-17(24)14-8-22(9-15(14)18(21)25)6-12-3-4-16(26-2)13(5-12)7-23-11-19-10-20-23/h3-5,10-11,14-15H,6-9H2,1-2H3. The van der Waals surface area contributed by atoms with Crippen LogP contribution in [0.25, 0.3) is 0 Å². The van der Waals surface area contributed by atoms with E-state index in [1.54, 1.807) is 25.2 Å². The summed E-state index contributed by atoms with van der Waals surface area (Å²) in [5.41, 5.74) is 2.14. The van der Waals surface area contributed by atoms with E-state index in [1.807, 2.05) is 12.1 Å². The van der Waals surface area contributed by atoms with Crippen LogP contribution >= 0.6 is 0 Å². The first kappa shape index (κ1) is 16.7. The fourth-order valence-electron chi connectivity index (χ4n) is 3.92. The van der Waals surface area contributed by atoms with E-state index >= 15 is 0 Å². The van der Waals surface area contributed by atoms with Crippen molar-refractivity contribution >= 4 is 11.8 Å². The molecule has 2 saturated heterocycles. The fourth-order valence-corrected chi connectivity index (χ4v) is 3.92. The smallest absolute Gasteiger partial charge is 0.234 e. The Bertz CT molecular complexity index is 811. The predicted octanol–water partition coefficient (Wildman–Crippen LogP) is 0.382. The van der Waals surface area contributed by atoms with Gasteiger partial charge in [0.05, 0.1) is 25.5 Å². The lowest BCUT2D eigenvalue weighted by molar-refractivity contribution is -0.138. The number of fused-ring (bicyclic) bond motifs is 1. The van der Waals surface area contributed by atoms with E-state index < -0.39 is 0 Å². The maximum absolute atomic E-state index is 12.2. The third kappa shape index (κ3) is 2.86. The van der Waals surface area contributed by atoms with E-state index in [9.17, 15) is 9.59 Å². The summed E-state index contributed by atoms with van der Waals surface area (Å²) < 4.78 is 7.19. The minimum Gasteiger partial charge on any atom is -0.496 e. The van der Waals surface area contributed by atoms with Crippen molar-refractivity contribution in [2.45, 2.75) is 13.1 Å². The van der Waals surface area contributed by atoms with Crippen LogP contribution < -0.4 is 4.74 Å². The summed E-state index contributed by atoms with van der Waals surface area (Å²) in [5.74, 6) is 0.309. The Balaban J connectivity index is 1.49. The molecule has 2 aliphatic rings. The molecule has 0 spiro atoms. The summed E-state index contributed by atoms with van der Waals surface area (Å²) in [6, 6.07) is 6.06. The van der Waals surface area contributed by atoms with Gasteiger partial charge in [0.25, 0.3) is 0 Å². The maximum Gasteiger partial charge on any atom is 0.234 e. The molecular formula is C18H21N5O3. The number of likely N-dealkylation sites (tertiary alicyclic amines) is 2. The lowest BCUT2D eigenvalue weighted by Crippen LogP contribution is -2.32. The Kier molecular flexibility index (Phi) is 4.20. The number of carbonyl (C=O) groups excluding carboxylic acids is 2. The fraction of sp³-hybridized carbons (Fsp3) is 0.444. The van der Waals surface area contributed by atoms with Crippen LogP contribution in [0.3, 0.4) is 0 Å². The van der Waals surface area contributed by atoms with Crippen molar-refractivity contribution in [3.05, 3.63) is 42.0 Å². The zero-order valence-electron chi connectivity index (χ0n) is 14.8.